The van der Waals surface area contributed by atoms with Crippen molar-refractivity contribution in [3.05, 3.63) is 0 Å². The van der Waals surface area contributed by atoms with Crippen LogP contribution in [-0.2, 0) is 19.4 Å². The average Bonchev–Trinajstić information content (AvgIpc) is 2.29. The van der Waals surface area contributed by atoms with Gasteiger partial charge in [-0.05, 0) is 19.8 Å². The predicted octanol–water partition coefficient (Wildman–Crippen LogP) is 2.08. The van der Waals surface area contributed by atoms with Crippen molar-refractivity contribution < 1.29 is 24.7 Å². The van der Waals surface area contributed by atoms with Crippen LogP contribution in [0.25, 0.3) is 0 Å². The summed E-state index contributed by atoms with van der Waals surface area (Å²) < 4.78 is 5.44. The minimum absolute atomic E-state index is 0.210. The van der Waals surface area contributed by atoms with Crippen molar-refractivity contribution in [3.8, 4) is 0 Å². The number of hydrogen-bond acceptors (Lipinski definition) is 5. The second-order valence-electron chi connectivity index (χ2n) is 4.55. The van der Waals surface area contributed by atoms with E-state index in [1.807, 2.05) is 0 Å². The predicted molar refractivity (Wildman–Crippen MR) is 50.6 cm³/mol. The first-order valence-corrected chi connectivity index (χ1v) is 5.39. The van der Waals surface area contributed by atoms with Gasteiger partial charge in [0.05, 0.1) is 0 Å². The third-order valence-electron chi connectivity index (χ3n) is 3.46. The summed E-state index contributed by atoms with van der Waals surface area (Å²) in [4.78, 5) is 14.7. The molecule has 5 heteroatoms. The van der Waals surface area contributed by atoms with Crippen LogP contribution in [0.5, 0.6) is 0 Å². The van der Waals surface area contributed by atoms with Gasteiger partial charge in [0.1, 0.15) is 0 Å². The molecule has 5 nitrogen and oxygen atoms in total. The summed E-state index contributed by atoms with van der Waals surface area (Å²) >= 11 is 0. The molecule has 1 saturated carbocycles. The van der Waals surface area contributed by atoms with Gasteiger partial charge in [0.25, 0.3) is 0 Å². The van der Waals surface area contributed by atoms with Gasteiger partial charge in [0.15, 0.2) is 0 Å². The Morgan fingerprint density at radius 1 is 1.33 bits per heavy atom. The summed E-state index contributed by atoms with van der Waals surface area (Å²) in [5.74, 6) is -1.50. The Bertz CT molecular complexity index is 234. The average molecular weight is 218 g/mol. The Labute approximate surface area is 89.1 Å². The summed E-state index contributed by atoms with van der Waals surface area (Å²) in [6, 6.07) is 0. The summed E-state index contributed by atoms with van der Waals surface area (Å²) in [5, 5.41) is 8.75. The molecule has 1 N–H and O–H groups in total. The fraction of sp³-hybridized carbons (Fsp3) is 1.00. The van der Waals surface area contributed by atoms with E-state index < -0.39 is 11.6 Å². The topological polar surface area (TPSA) is 57.2 Å². The highest BCUT2D eigenvalue weighted by Gasteiger charge is 2.53. The van der Waals surface area contributed by atoms with Gasteiger partial charge in [-0.2, -0.15) is 9.78 Å². The first kappa shape index (κ1) is 11.3. The summed E-state index contributed by atoms with van der Waals surface area (Å²) in [6.45, 7) is 1.65. The van der Waals surface area contributed by atoms with Gasteiger partial charge in [-0.25, -0.2) is 10.1 Å². The molecule has 15 heavy (non-hydrogen) atoms. The van der Waals surface area contributed by atoms with Crippen LogP contribution in [0.4, 0.5) is 0 Å². The second kappa shape index (κ2) is 3.99. The lowest BCUT2D eigenvalue weighted by Gasteiger charge is -2.48. The molecule has 1 aliphatic heterocycles. The quantitative estimate of drug-likeness (QED) is 0.568. The highest BCUT2D eigenvalue weighted by molar-refractivity contribution is 4.88. The monoisotopic (exact) mass is 218 g/mol. The van der Waals surface area contributed by atoms with Gasteiger partial charge < -0.3 is 4.74 Å². The van der Waals surface area contributed by atoms with Crippen molar-refractivity contribution in [2.75, 3.05) is 7.11 Å². The zero-order valence-electron chi connectivity index (χ0n) is 9.19. The molecule has 0 aromatic rings. The van der Waals surface area contributed by atoms with E-state index in [0.29, 0.717) is 6.42 Å². The van der Waals surface area contributed by atoms with Crippen LogP contribution in [0.15, 0.2) is 0 Å². The van der Waals surface area contributed by atoms with E-state index in [1.54, 1.807) is 14.0 Å². The first-order valence-electron chi connectivity index (χ1n) is 5.39. The molecule has 1 aliphatic carbocycles. The molecule has 0 amide bonds. The Hall–Kier alpha value is -0.200. The number of ether oxygens (including phenoxy) is 1. The van der Waals surface area contributed by atoms with Gasteiger partial charge >= 0.3 is 0 Å². The third-order valence-corrected chi connectivity index (χ3v) is 3.46. The molecule has 2 rings (SSSR count). The molecule has 0 spiro atoms. The molecule has 2 fully saturated rings. The van der Waals surface area contributed by atoms with Crippen LogP contribution in [0, 0.1) is 5.92 Å². The van der Waals surface area contributed by atoms with Gasteiger partial charge in [-0.3, -0.25) is 0 Å². The summed E-state index contributed by atoms with van der Waals surface area (Å²) in [7, 11) is 1.63. The first-order chi connectivity index (χ1) is 7.14. The summed E-state index contributed by atoms with van der Waals surface area (Å²) in [5.41, 5.74) is 0. The number of rotatable bonds is 2. The molecule has 1 saturated heterocycles. The van der Waals surface area contributed by atoms with Crippen molar-refractivity contribution in [2.24, 2.45) is 5.92 Å². The molecule has 0 unspecified atom stereocenters. The van der Waals surface area contributed by atoms with Crippen molar-refractivity contribution in [1.82, 2.24) is 0 Å². The van der Waals surface area contributed by atoms with Crippen LogP contribution in [0.1, 0.15) is 39.0 Å². The van der Waals surface area contributed by atoms with Crippen LogP contribution in [0.3, 0.4) is 0 Å². The molecule has 2 aliphatic rings. The third kappa shape index (κ3) is 1.90. The maximum absolute atomic E-state index is 8.75. The molecule has 1 heterocycles. The van der Waals surface area contributed by atoms with Crippen molar-refractivity contribution in [1.29, 1.82) is 0 Å². The van der Waals surface area contributed by atoms with E-state index in [2.05, 4.69) is 4.89 Å². The molecule has 88 valence electrons. The Kier molecular flexibility index (Phi) is 3.00. The van der Waals surface area contributed by atoms with E-state index in [0.717, 1.165) is 25.7 Å². The lowest BCUT2D eigenvalue weighted by Crippen LogP contribution is -2.55. The fourth-order valence-corrected chi connectivity index (χ4v) is 2.55. The molecule has 0 radical (unpaired) electrons. The minimum atomic E-state index is -1.07. The number of hydrogen-bond donors (Lipinski definition) is 1. The molecule has 0 aromatic carbocycles. The normalized spacial score (nSPS) is 46.2. The van der Waals surface area contributed by atoms with E-state index >= 15 is 0 Å². The maximum atomic E-state index is 8.75. The highest BCUT2D eigenvalue weighted by atomic mass is 17.3. The maximum Gasteiger partial charge on any atom is 0.231 e. The highest BCUT2D eigenvalue weighted by Crippen LogP contribution is 2.46. The number of fused-ring (bicyclic) bond motifs is 1. The van der Waals surface area contributed by atoms with E-state index in [9.17, 15) is 0 Å². The van der Waals surface area contributed by atoms with Crippen LogP contribution >= 0.6 is 0 Å². The Morgan fingerprint density at radius 2 is 2.13 bits per heavy atom. The van der Waals surface area contributed by atoms with Crippen LogP contribution < -0.4 is 0 Å². The molecular weight excluding hydrogens is 200 g/mol. The summed E-state index contributed by atoms with van der Waals surface area (Å²) in [6.07, 6.45) is 4.65. The molecule has 3 atom stereocenters. The van der Waals surface area contributed by atoms with Gasteiger partial charge in [-0.1, -0.05) is 6.42 Å². The fourth-order valence-electron chi connectivity index (χ4n) is 2.55. The Morgan fingerprint density at radius 3 is 2.80 bits per heavy atom. The number of methoxy groups -OCH3 is 1. The van der Waals surface area contributed by atoms with Gasteiger partial charge in [0, 0.05) is 25.9 Å². The Balaban J connectivity index is 2.12. The molecule has 0 aromatic heterocycles. The van der Waals surface area contributed by atoms with Gasteiger partial charge in [-0.15, -0.1) is 0 Å². The lowest BCUT2D eigenvalue weighted by molar-refractivity contribution is -0.576. The van der Waals surface area contributed by atoms with E-state index in [1.165, 1.54) is 0 Å². The molecule has 0 bridgehead atoms. The zero-order chi connectivity index (χ0) is 10.9. The second-order valence-corrected chi connectivity index (χ2v) is 4.55. The van der Waals surface area contributed by atoms with Crippen molar-refractivity contribution >= 4 is 0 Å². The molecular formula is C10H18O5. The van der Waals surface area contributed by atoms with Crippen LogP contribution in [0.2, 0.25) is 0 Å². The standard InChI is InChI=1S/C10H18O5/c1-9(13-11)7-8-5-3-4-6-10(8,12-2)15-14-9/h8,11H,3-7H2,1-2H3/t8-,9+,10-/m0/s1. The lowest BCUT2D eigenvalue weighted by atomic mass is 9.79. The van der Waals surface area contributed by atoms with Crippen LogP contribution in [-0.4, -0.2) is 23.9 Å². The van der Waals surface area contributed by atoms with E-state index in [-0.39, 0.29) is 5.92 Å². The van der Waals surface area contributed by atoms with Crippen molar-refractivity contribution in [3.63, 3.8) is 0 Å². The largest absolute Gasteiger partial charge is 0.350 e. The minimum Gasteiger partial charge on any atom is -0.350 e. The smallest absolute Gasteiger partial charge is 0.231 e. The van der Waals surface area contributed by atoms with Crippen molar-refractivity contribution in [2.45, 2.75) is 50.6 Å². The van der Waals surface area contributed by atoms with E-state index in [4.69, 9.17) is 19.8 Å². The van der Waals surface area contributed by atoms with Gasteiger partial charge in [0.2, 0.25) is 11.6 Å². The zero-order valence-corrected chi connectivity index (χ0v) is 9.19. The SMILES string of the molecule is CO[C@]12CCCC[C@H]1C[C@](C)(OO)OO2.